The zero-order valence-electron chi connectivity index (χ0n) is 13.0. The fourth-order valence-corrected chi connectivity index (χ4v) is 2.06. The third-order valence-electron chi connectivity index (χ3n) is 3.08. The molecule has 3 heteroatoms. The lowest BCUT2D eigenvalue weighted by Crippen LogP contribution is -2.38. The fourth-order valence-electron chi connectivity index (χ4n) is 2.06. The maximum Gasteiger partial charge on any atom is 0.119 e. The van der Waals surface area contributed by atoms with Crippen molar-refractivity contribution >= 4 is 0 Å². The Kier molecular flexibility index (Phi) is 6.76. The van der Waals surface area contributed by atoms with Gasteiger partial charge in [0.25, 0.3) is 0 Å². The molecule has 112 valence electrons. The molecule has 0 spiro atoms. The molecule has 0 bridgehead atoms. The van der Waals surface area contributed by atoms with Gasteiger partial charge >= 0.3 is 0 Å². The minimum atomic E-state index is -0.502. The summed E-state index contributed by atoms with van der Waals surface area (Å²) in [5.74, 6) is 0.800. The van der Waals surface area contributed by atoms with Gasteiger partial charge in [0.05, 0.1) is 6.10 Å². The van der Waals surface area contributed by atoms with Crippen molar-refractivity contribution < 1.29 is 9.84 Å². The van der Waals surface area contributed by atoms with Crippen LogP contribution in [0.5, 0.6) is 5.75 Å². The van der Waals surface area contributed by atoms with Gasteiger partial charge in [0.2, 0.25) is 0 Å². The first-order valence-corrected chi connectivity index (χ1v) is 7.25. The first-order valence-electron chi connectivity index (χ1n) is 7.25. The molecule has 0 saturated carbocycles. The highest BCUT2D eigenvalue weighted by Gasteiger charge is 2.19. The third-order valence-corrected chi connectivity index (χ3v) is 3.08. The molecule has 1 rings (SSSR count). The standard InChI is InChI=1S/C17H27NO2/c1-6-16(18-13(4)5)17(19)14-7-9-15(10-8-14)20-11-12(2)3/h7-10,13,16-19H,2,6,11H2,1,3-5H3. The smallest absolute Gasteiger partial charge is 0.119 e. The third kappa shape index (κ3) is 5.35. The highest BCUT2D eigenvalue weighted by atomic mass is 16.5. The van der Waals surface area contributed by atoms with Gasteiger partial charge in [-0.2, -0.15) is 0 Å². The first-order chi connectivity index (χ1) is 9.43. The van der Waals surface area contributed by atoms with Crippen LogP contribution in [-0.2, 0) is 0 Å². The van der Waals surface area contributed by atoms with E-state index < -0.39 is 6.10 Å². The van der Waals surface area contributed by atoms with Crippen molar-refractivity contribution in [3.63, 3.8) is 0 Å². The van der Waals surface area contributed by atoms with Crippen LogP contribution >= 0.6 is 0 Å². The number of aliphatic hydroxyl groups excluding tert-OH is 1. The Morgan fingerprint density at radius 2 is 1.90 bits per heavy atom. The Labute approximate surface area is 122 Å². The molecule has 0 aromatic heterocycles. The highest BCUT2D eigenvalue weighted by Crippen LogP contribution is 2.22. The summed E-state index contributed by atoms with van der Waals surface area (Å²) in [5.41, 5.74) is 1.90. The molecule has 0 aliphatic carbocycles. The van der Waals surface area contributed by atoms with Crippen LogP contribution in [0.4, 0.5) is 0 Å². The van der Waals surface area contributed by atoms with E-state index in [0.29, 0.717) is 12.6 Å². The van der Waals surface area contributed by atoms with E-state index in [4.69, 9.17) is 4.74 Å². The number of nitrogens with one attached hydrogen (secondary N) is 1. The average Bonchev–Trinajstić information content (AvgIpc) is 2.42. The van der Waals surface area contributed by atoms with Crippen LogP contribution < -0.4 is 10.1 Å². The molecular formula is C17H27NO2. The maximum atomic E-state index is 10.4. The summed E-state index contributed by atoms with van der Waals surface area (Å²) in [5, 5.41) is 13.8. The lowest BCUT2D eigenvalue weighted by Gasteiger charge is -2.25. The molecule has 20 heavy (non-hydrogen) atoms. The summed E-state index contributed by atoms with van der Waals surface area (Å²) in [7, 11) is 0. The monoisotopic (exact) mass is 277 g/mol. The number of benzene rings is 1. The van der Waals surface area contributed by atoms with Crippen LogP contribution in [0.3, 0.4) is 0 Å². The van der Waals surface area contributed by atoms with Crippen LogP contribution in [0.15, 0.2) is 36.4 Å². The summed E-state index contributed by atoms with van der Waals surface area (Å²) >= 11 is 0. The van der Waals surface area contributed by atoms with Crippen molar-refractivity contribution in [1.29, 1.82) is 0 Å². The molecule has 0 fully saturated rings. The minimum absolute atomic E-state index is 0.0668. The Hall–Kier alpha value is -1.32. The average molecular weight is 277 g/mol. The zero-order chi connectivity index (χ0) is 15.1. The Morgan fingerprint density at radius 1 is 1.30 bits per heavy atom. The van der Waals surface area contributed by atoms with Gasteiger partial charge in [-0.25, -0.2) is 0 Å². The van der Waals surface area contributed by atoms with E-state index in [-0.39, 0.29) is 6.04 Å². The molecule has 2 N–H and O–H groups in total. The largest absolute Gasteiger partial charge is 0.489 e. The summed E-state index contributed by atoms with van der Waals surface area (Å²) in [4.78, 5) is 0. The second-order valence-corrected chi connectivity index (χ2v) is 5.60. The second kappa shape index (κ2) is 8.08. The molecule has 3 nitrogen and oxygen atoms in total. The Balaban J connectivity index is 2.68. The van der Waals surface area contributed by atoms with Crippen molar-refractivity contribution in [3.8, 4) is 5.75 Å². The van der Waals surface area contributed by atoms with Gasteiger partial charge in [0.1, 0.15) is 12.4 Å². The quantitative estimate of drug-likeness (QED) is 0.715. The number of rotatable bonds is 8. The topological polar surface area (TPSA) is 41.5 Å². The molecule has 1 aromatic rings. The Morgan fingerprint density at radius 3 is 2.35 bits per heavy atom. The van der Waals surface area contributed by atoms with Gasteiger partial charge in [-0.05, 0) is 36.6 Å². The molecule has 0 amide bonds. The molecule has 2 unspecified atom stereocenters. The van der Waals surface area contributed by atoms with Crippen molar-refractivity contribution in [3.05, 3.63) is 42.0 Å². The van der Waals surface area contributed by atoms with E-state index >= 15 is 0 Å². The highest BCUT2D eigenvalue weighted by molar-refractivity contribution is 5.29. The van der Waals surface area contributed by atoms with Crippen molar-refractivity contribution in [2.45, 2.75) is 52.3 Å². The van der Waals surface area contributed by atoms with Gasteiger partial charge in [-0.15, -0.1) is 0 Å². The zero-order valence-corrected chi connectivity index (χ0v) is 13.0. The van der Waals surface area contributed by atoms with E-state index in [2.05, 4.69) is 32.7 Å². The van der Waals surface area contributed by atoms with Crippen LogP contribution in [0.2, 0.25) is 0 Å². The first kappa shape index (κ1) is 16.7. The lowest BCUT2D eigenvalue weighted by molar-refractivity contribution is 0.121. The van der Waals surface area contributed by atoms with Crippen LogP contribution in [0.1, 0.15) is 45.8 Å². The van der Waals surface area contributed by atoms with Gasteiger partial charge < -0.3 is 15.2 Å². The van der Waals surface area contributed by atoms with E-state index in [1.54, 1.807) is 0 Å². The molecule has 0 heterocycles. The van der Waals surface area contributed by atoms with Gasteiger partial charge in [-0.3, -0.25) is 0 Å². The van der Waals surface area contributed by atoms with E-state index in [9.17, 15) is 5.11 Å². The molecule has 0 aliphatic heterocycles. The minimum Gasteiger partial charge on any atom is -0.489 e. The van der Waals surface area contributed by atoms with Crippen LogP contribution in [0.25, 0.3) is 0 Å². The molecule has 1 aromatic carbocycles. The predicted molar refractivity (Wildman–Crippen MR) is 84.1 cm³/mol. The molecular weight excluding hydrogens is 250 g/mol. The summed E-state index contributed by atoms with van der Waals surface area (Å²) in [6.45, 7) is 12.5. The number of hydrogen-bond donors (Lipinski definition) is 2. The molecule has 2 atom stereocenters. The maximum absolute atomic E-state index is 10.4. The van der Waals surface area contributed by atoms with Gasteiger partial charge in [0.15, 0.2) is 0 Å². The molecule has 0 aliphatic rings. The van der Waals surface area contributed by atoms with Crippen LogP contribution in [-0.4, -0.2) is 23.8 Å². The molecule has 0 saturated heterocycles. The van der Waals surface area contributed by atoms with E-state index in [1.165, 1.54) is 0 Å². The fraction of sp³-hybridized carbons (Fsp3) is 0.529. The number of aliphatic hydroxyl groups is 1. The van der Waals surface area contributed by atoms with Crippen molar-refractivity contribution in [2.75, 3.05) is 6.61 Å². The van der Waals surface area contributed by atoms with Crippen molar-refractivity contribution in [2.24, 2.45) is 0 Å². The SMILES string of the molecule is C=C(C)COc1ccc(C(O)C(CC)NC(C)C)cc1. The number of ether oxygens (including phenoxy) is 1. The summed E-state index contributed by atoms with van der Waals surface area (Å²) in [6, 6.07) is 8.05. The molecule has 0 radical (unpaired) electrons. The van der Waals surface area contributed by atoms with E-state index in [1.807, 2.05) is 31.2 Å². The summed E-state index contributed by atoms with van der Waals surface area (Å²) in [6.07, 6.45) is 0.380. The Bertz CT molecular complexity index is 412. The van der Waals surface area contributed by atoms with Crippen molar-refractivity contribution in [1.82, 2.24) is 5.32 Å². The normalized spacial score (nSPS) is 14.1. The summed E-state index contributed by atoms with van der Waals surface area (Å²) < 4.78 is 5.56. The number of hydrogen-bond acceptors (Lipinski definition) is 3. The van der Waals surface area contributed by atoms with Gasteiger partial charge in [-0.1, -0.05) is 39.5 Å². The lowest BCUT2D eigenvalue weighted by atomic mass is 9.99. The second-order valence-electron chi connectivity index (χ2n) is 5.60. The van der Waals surface area contributed by atoms with Gasteiger partial charge in [0, 0.05) is 12.1 Å². The predicted octanol–water partition coefficient (Wildman–Crippen LogP) is 3.45. The van der Waals surface area contributed by atoms with E-state index in [0.717, 1.165) is 23.3 Å². The van der Waals surface area contributed by atoms with Crippen LogP contribution in [0, 0.1) is 0 Å².